The maximum absolute atomic E-state index is 10.3. The summed E-state index contributed by atoms with van der Waals surface area (Å²) >= 11 is 0. The van der Waals surface area contributed by atoms with E-state index in [-0.39, 0.29) is 0 Å². The maximum atomic E-state index is 10.3. The van der Waals surface area contributed by atoms with Crippen LogP contribution in [-0.4, -0.2) is 33.3 Å². The van der Waals surface area contributed by atoms with E-state index >= 15 is 0 Å². The van der Waals surface area contributed by atoms with Gasteiger partial charge in [0, 0.05) is 25.9 Å². The molecule has 1 aliphatic rings. The van der Waals surface area contributed by atoms with Gasteiger partial charge in [-0.3, -0.25) is 0 Å². The lowest BCUT2D eigenvalue weighted by atomic mass is 9.89. The van der Waals surface area contributed by atoms with E-state index in [1.165, 1.54) is 0 Å². The lowest BCUT2D eigenvalue weighted by Gasteiger charge is -2.32. The summed E-state index contributed by atoms with van der Waals surface area (Å²) in [6.07, 6.45) is 6.00. The Morgan fingerprint density at radius 3 is 2.86 bits per heavy atom. The van der Waals surface area contributed by atoms with Crippen LogP contribution in [0.3, 0.4) is 0 Å². The molecule has 78 valence electrons. The standard InChI is InChI=1S/C10H17N3O/c1-13-7-6-12-9(13)8-10(14)2-4-11-5-3-10/h6-7,11,14H,2-5,8H2,1H3. The van der Waals surface area contributed by atoms with Gasteiger partial charge in [-0.1, -0.05) is 0 Å². The summed E-state index contributed by atoms with van der Waals surface area (Å²) in [6.45, 7) is 1.81. The molecule has 4 nitrogen and oxygen atoms in total. The Morgan fingerprint density at radius 2 is 2.29 bits per heavy atom. The van der Waals surface area contributed by atoms with Crippen molar-refractivity contribution >= 4 is 0 Å². The van der Waals surface area contributed by atoms with Crippen molar-refractivity contribution in [3.05, 3.63) is 18.2 Å². The van der Waals surface area contributed by atoms with Crippen LogP contribution in [0.25, 0.3) is 0 Å². The fraction of sp³-hybridized carbons (Fsp3) is 0.700. The second-order valence-electron chi connectivity index (χ2n) is 4.11. The predicted octanol–water partition coefficient (Wildman–Crippen LogP) is 0.0771. The first kappa shape index (κ1) is 9.68. The van der Waals surface area contributed by atoms with Crippen molar-refractivity contribution < 1.29 is 5.11 Å². The molecular weight excluding hydrogens is 178 g/mol. The monoisotopic (exact) mass is 195 g/mol. The van der Waals surface area contributed by atoms with E-state index < -0.39 is 5.60 Å². The number of nitrogens with zero attached hydrogens (tertiary/aromatic N) is 2. The molecule has 2 heterocycles. The number of imidazole rings is 1. The van der Waals surface area contributed by atoms with E-state index in [1.807, 2.05) is 17.8 Å². The van der Waals surface area contributed by atoms with Crippen molar-refractivity contribution in [1.82, 2.24) is 14.9 Å². The van der Waals surface area contributed by atoms with Crippen LogP contribution in [0, 0.1) is 0 Å². The smallest absolute Gasteiger partial charge is 0.111 e. The zero-order chi connectivity index (χ0) is 10.0. The minimum atomic E-state index is -0.551. The van der Waals surface area contributed by atoms with Crippen LogP contribution in [0.1, 0.15) is 18.7 Å². The molecule has 1 aromatic rings. The van der Waals surface area contributed by atoms with E-state index in [2.05, 4.69) is 10.3 Å². The van der Waals surface area contributed by atoms with Crippen molar-refractivity contribution in [3.8, 4) is 0 Å². The maximum Gasteiger partial charge on any atom is 0.111 e. The third kappa shape index (κ3) is 1.96. The Bertz CT molecular complexity index is 302. The van der Waals surface area contributed by atoms with Gasteiger partial charge >= 0.3 is 0 Å². The summed E-state index contributed by atoms with van der Waals surface area (Å²) < 4.78 is 1.97. The van der Waals surface area contributed by atoms with Crippen molar-refractivity contribution in [1.29, 1.82) is 0 Å². The molecule has 1 aromatic heterocycles. The van der Waals surface area contributed by atoms with Crippen LogP contribution in [-0.2, 0) is 13.5 Å². The van der Waals surface area contributed by atoms with Crippen LogP contribution in [0.2, 0.25) is 0 Å². The molecule has 0 spiro atoms. The first-order valence-electron chi connectivity index (χ1n) is 5.09. The number of rotatable bonds is 2. The first-order valence-corrected chi connectivity index (χ1v) is 5.09. The van der Waals surface area contributed by atoms with Gasteiger partial charge in [0.05, 0.1) is 5.60 Å². The summed E-state index contributed by atoms with van der Waals surface area (Å²) in [5.41, 5.74) is -0.551. The molecule has 0 saturated carbocycles. The van der Waals surface area contributed by atoms with Crippen LogP contribution in [0.5, 0.6) is 0 Å². The Balaban J connectivity index is 2.05. The summed E-state index contributed by atoms with van der Waals surface area (Å²) in [4.78, 5) is 4.24. The number of aryl methyl sites for hydroxylation is 1. The Labute approximate surface area is 84.0 Å². The molecule has 2 rings (SSSR count). The zero-order valence-electron chi connectivity index (χ0n) is 8.53. The minimum absolute atomic E-state index is 0.551. The van der Waals surface area contributed by atoms with Gasteiger partial charge in [0.2, 0.25) is 0 Å². The molecule has 0 aromatic carbocycles. The quantitative estimate of drug-likeness (QED) is 0.702. The van der Waals surface area contributed by atoms with Crippen molar-refractivity contribution in [2.75, 3.05) is 13.1 Å². The van der Waals surface area contributed by atoms with Gasteiger partial charge in [-0.2, -0.15) is 0 Å². The molecule has 1 fully saturated rings. The first-order chi connectivity index (χ1) is 6.70. The lowest BCUT2D eigenvalue weighted by Crippen LogP contribution is -2.43. The fourth-order valence-corrected chi connectivity index (χ4v) is 1.93. The van der Waals surface area contributed by atoms with E-state index in [4.69, 9.17) is 0 Å². The van der Waals surface area contributed by atoms with Crippen LogP contribution in [0.15, 0.2) is 12.4 Å². The van der Waals surface area contributed by atoms with Gasteiger partial charge in [0.25, 0.3) is 0 Å². The second kappa shape index (κ2) is 3.71. The van der Waals surface area contributed by atoms with Crippen LogP contribution >= 0.6 is 0 Å². The SMILES string of the molecule is Cn1ccnc1CC1(O)CCNCC1. The van der Waals surface area contributed by atoms with Gasteiger partial charge < -0.3 is 15.0 Å². The highest BCUT2D eigenvalue weighted by Gasteiger charge is 2.30. The molecule has 2 N–H and O–H groups in total. The van der Waals surface area contributed by atoms with E-state index in [0.29, 0.717) is 6.42 Å². The number of aromatic nitrogens is 2. The molecule has 0 atom stereocenters. The van der Waals surface area contributed by atoms with Gasteiger partial charge in [0.1, 0.15) is 5.82 Å². The number of hydrogen-bond acceptors (Lipinski definition) is 3. The predicted molar refractivity (Wildman–Crippen MR) is 54.0 cm³/mol. The van der Waals surface area contributed by atoms with Gasteiger partial charge in [-0.15, -0.1) is 0 Å². The second-order valence-corrected chi connectivity index (χ2v) is 4.11. The molecule has 1 saturated heterocycles. The summed E-state index contributed by atoms with van der Waals surface area (Å²) in [5.74, 6) is 0.967. The number of hydrogen-bond donors (Lipinski definition) is 2. The third-order valence-corrected chi connectivity index (χ3v) is 2.94. The topological polar surface area (TPSA) is 50.1 Å². The molecule has 0 bridgehead atoms. The third-order valence-electron chi connectivity index (χ3n) is 2.94. The summed E-state index contributed by atoms with van der Waals surface area (Å²) in [7, 11) is 1.97. The molecule has 0 aliphatic carbocycles. The number of aliphatic hydroxyl groups is 1. The van der Waals surface area contributed by atoms with Crippen molar-refractivity contribution in [2.24, 2.45) is 7.05 Å². The molecule has 14 heavy (non-hydrogen) atoms. The highest BCUT2D eigenvalue weighted by Crippen LogP contribution is 2.22. The average molecular weight is 195 g/mol. The highest BCUT2D eigenvalue weighted by molar-refractivity contribution is 4.99. The zero-order valence-corrected chi connectivity index (χ0v) is 8.53. The van der Waals surface area contributed by atoms with Crippen LogP contribution in [0.4, 0.5) is 0 Å². The number of piperidine rings is 1. The highest BCUT2D eigenvalue weighted by atomic mass is 16.3. The van der Waals surface area contributed by atoms with E-state index in [9.17, 15) is 5.11 Å². The van der Waals surface area contributed by atoms with Crippen molar-refractivity contribution in [3.63, 3.8) is 0 Å². The van der Waals surface area contributed by atoms with Gasteiger partial charge in [-0.25, -0.2) is 4.98 Å². The molecule has 1 aliphatic heterocycles. The van der Waals surface area contributed by atoms with Gasteiger partial charge in [-0.05, 0) is 25.9 Å². The average Bonchev–Trinajstić information content (AvgIpc) is 2.52. The molecular formula is C10H17N3O. The Morgan fingerprint density at radius 1 is 1.57 bits per heavy atom. The van der Waals surface area contributed by atoms with E-state index in [0.717, 1.165) is 31.8 Å². The van der Waals surface area contributed by atoms with Gasteiger partial charge in [0.15, 0.2) is 0 Å². The lowest BCUT2D eigenvalue weighted by molar-refractivity contribution is 0.00858. The summed E-state index contributed by atoms with van der Waals surface area (Å²) in [6, 6.07) is 0. The fourth-order valence-electron chi connectivity index (χ4n) is 1.93. The molecule has 0 unspecified atom stereocenters. The molecule has 0 amide bonds. The van der Waals surface area contributed by atoms with Crippen LogP contribution < -0.4 is 5.32 Å². The molecule has 4 heteroatoms. The normalized spacial score (nSPS) is 21.0. The minimum Gasteiger partial charge on any atom is -0.389 e. The summed E-state index contributed by atoms with van der Waals surface area (Å²) in [5, 5.41) is 13.5. The Hall–Kier alpha value is -0.870. The van der Waals surface area contributed by atoms with E-state index in [1.54, 1.807) is 6.20 Å². The largest absolute Gasteiger partial charge is 0.389 e. The molecule has 0 radical (unpaired) electrons. The number of nitrogens with one attached hydrogen (secondary N) is 1. The Kier molecular flexibility index (Phi) is 2.56. The van der Waals surface area contributed by atoms with Crippen molar-refractivity contribution in [2.45, 2.75) is 24.9 Å².